The summed E-state index contributed by atoms with van der Waals surface area (Å²) in [5.41, 5.74) is 1.04. The Morgan fingerprint density at radius 1 is 1.69 bits per heavy atom. The normalized spacial score (nSPS) is 22.7. The first-order chi connectivity index (χ1) is 6.24. The van der Waals surface area contributed by atoms with Crippen molar-refractivity contribution in [1.82, 2.24) is 5.32 Å². The molecular formula is C10H17NOS. The smallest absolute Gasteiger partial charge is 0.154 e. The third kappa shape index (κ3) is 3.53. The number of nitrogens with one attached hydrogen (secondary N) is 1. The van der Waals surface area contributed by atoms with Crippen LogP contribution in [0, 0.1) is 0 Å². The van der Waals surface area contributed by atoms with Crippen molar-refractivity contribution in [2.45, 2.75) is 25.8 Å². The van der Waals surface area contributed by atoms with Gasteiger partial charge in [-0.05, 0) is 6.42 Å². The van der Waals surface area contributed by atoms with Crippen LogP contribution in [0.3, 0.4) is 0 Å². The van der Waals surface area contributed by atoms with Crippen LogP contribution in [-0.4, -0.2) is 29.9 Å². The molecule has 1 heterocycles. The summed E-state index contributed by atoms with van der Waals surface area (Å²) in [6, 6.07) is 0.0713. The van der Waals surface area contributed by atoms with Gasteiger partial charge in [-0.15, -0.1) is 0 Å². The summed E-state index contributed by atoms with van der Waals surface area (Å²) >= 11 is 1.85. The minimum Gasteiger partial charge on any atom is -0.306 e. The summed E-state index contributed by atoms with van der Waals surface area (Å²) in [6.45, 7) is 6.85. The lowest BCUT2D eigenvalue weighted by atomic mass is 10.0. The largest absolute Gasteiger partial charge is 0.306 e. The summed E-state index contributed by atoms with van der Waals surface area (Å²) in [5, 5.41) is 3.24. The van der Waals surface area contributed by atoms with Crippen molar-refractivity contribution in [3.63, 3.8) is 0 Å². The summed E-state index contributed by atoms with van der Waals surface area (Å²) in [6.07, 6.45) is 1.46. The fourth-order valence-electron chi connectivity index (χ4n) is 1.27. The van der Waals surface area contributed by atoms with Crippen LogP contribution in [-0.2, 0) is 4.79 Å². The van der Waals surface area contributed by atoms with Gasteiger partial charge in [-0.1, -0.05) is 19.1 Å². The van der Waals surface area contributed by atoms with Crippen LogP contribution in [0.25, 0.3) is 0 Å². The molecular weight excluding hydrogens is 182 g/mol. The number of hydrogen-bond acceptors (Lipinski definition) is 3. The molecule has 1 fully saturated rings. The standard InChI is InChI=1S/C10H17NOS/c1-3-8(2)6-10(12)9-7-13-5-4-11-9/h9,11H,2-7H2,1H3. The van der Waals surface area contributed by atoms with Crippen molar-refractivity contribution in [3.8, 4) is 0 Å². The van der Waals surface area contributed by atoms with Gasteiger partial charge >= 0.3 is 0 Å². The van der Waals surface area contributed by atoms with Gasteiger partial charge in [0.1, 0.15) is 0 Å². The van der Waals surface area contributed by atoms with Crippen LogP contribution in [0.4, 0.5) is 0 Å². The predicted octanol–water partition coefficient (Wildman–Crippen LogP) is 1.62. The summed E-state index contributed by atoms with van der Waals surface area (Å²) in [7, 11) is 0. The fourth-order valence-corrected chi connectivity index (χ4v) is 2.24. The Balaban J connectivity index is 2.33. The highest BCUT2D eigenvalue weighted by Crippen LogP contribution is 2.12. The Bertz CT molecular complexity index is 197. The molecule has 2 nitrogen and oxygen atoms in total. The van der Waals surface area contributed by atoms with Crippen LogP contribution in [0.5, 0.6) is 0 Å². The van der Waals surface area contributed by atoms with E-state index in [1.807, 2.05) is 18.7 Å². The number of allylic oxidation sites excluding steroid dienone is 1. The van der Waals surface area contributed by atoms with E-state index in [0.29, 0.717) is 12.2 Å². The lowest BCUT2D eigenvalue weighted by molar-refractivity contribution is -0.119. The number of thioether (sulfide) groups is 1. The molecule has 0 aliphatic carbocycles. The minimum absolute atomic E-state index is 0.0713. The number of ketones is 1. The zero-order valence-corrected chi connectivity index (χ0v) is 8.95. The van der Waals surface area contributed by atoms with Gasteiger partial charge in [-0.25, -0.2) is 0 Å². The Hall–Kier alpha value is -0.280. The van der Waals surface area contributed by atoms with Gasteiger partial charge < -0.3 is 5.32 Å². The van der Waals surface area contributed by atoms with Gasteiger partial charge in [-0.2, -0.15) is 11.8 Å². The molecule has 1 N–H and O–H groups in total. The predicted molar refractivity (Wildman–Crippen MR) is 58.2 cm³/mol. The Morgan fingerprint density at radius 2 is 2.46 bits per heavy atom. The van der Waals surface area contributed by atoms with Crippen molar-refractivity contribution in [3.05, 3.63) is 12.2 Å². The van der Waals surface area contributed by atoms with E-state index in [2.05, 4.69) is 11.9 Å². The van der Waals surface area contributed by atoms with Crippen molar-refractivity contribution in [2.75, 3.05) is 18.1 Å². The van der Waals surface area contributed by atoms with Crippen LogP contribution in [0.1, 0.15) is 19.8 Å². The molecule has 1 unspecified atom stereocenters. The van der Waals surface area contributed by atoms with E-state index in [0.717, 1.165) is 30.0 Å². The van der Waals surface area contributed by atoms with Gasteiger partial charge in [0.05, 0.1) is 6.04 Å². The first-order valence-corrected chi connectivity index (χ1v) is 5.90. The van der Waals surface area contributed by atoms with Gasteiger partial charge in [0.2, 0.25) is 0 Å². The molecule has 3 heteroatoms. The Kier molecular flexibility index (Phi) is 4.53. The van der Waals surface area contributed by atoms with E-state index in [4.69, 9.17) is 0 Å². The number of Topliss-reactive ketones (excluding diaryl/α,β-unsaturated/α-hetero) is 1. The third-order valence-corrected chi connectivity index (χ3v) is 3.30. The SMILES string of the molecule is C=C(CC)CC(=O)C1CSCCN1. The molecule has 0 aromatic carbocycles. The second-order valence-corrected chi connectivity index (χ2v) is 4.48. The molecule has 1 atom stereocenters. The third-order valence-electron chi connectivity index (χ3n) is 2.23. The molecule has 0 aromatic heterocycles. The molecule has 74 valence electrons. The highest BCUT2D eigenvalue weighted by Gasteiger charge is 2.20. The monoisotopic (exact) mass is 199 g/mol. The summed E-state index contributed by atoms with van der Waals surface area (Å²) < 4.78 is 0. The van der Waals surface area contributed by atoms with Crippen LogP contribution >= 0.6 is 11.8 Å². The zero-order chi connectivity index (χ0) is 9.68. The highest BCUT2D eigenvalue weighted by atomic mass is 32.2. The molecule has 1 aliphatic rings. The lowest BCUT2D eigenvalue weighted by Gasteiger charge is -2.22. The molecule has 13 heavy (non-hydrogen) atoms. The average Bonchev–Trinajstić information content (AvgIpc) is 2.19. The molecule has 0 aromatic rings. The lowest BCUT2D eigenvalue weighted by Crippen LogP contribution is -2.43. The molecule has 0 amide bonds. The quantitative estimate of drug-likeness (QED) is 0.698. The highest BCUT2D eigenvalue weighted by molar-refractivity contribution is 7.99. The first-order valence-electron chi connectivity index (χ1n) is 4.74. The van der Waals surface area contributed by atoms with Gasteiger partial charge in [0.25, 0.3) is 0 Å². The molecule has 1 rings (SSSR count). The van der Waals surface area contributed by atoms with Crippen molar-refractivity contribution in [1.29, 1.82) is 0 Å². The maximum Gasteiger partial charge on any atom is 0.154 e. The minimum atomic E-state index is 0.0713. The van der Waals surface area contributed by atoms with Crippen LogP contribution in [0.15, 0.2) is 12.2 Å². The Morgan fingerprint density at radius 3 is 3.00 bits per heavy atom. The zero-order valence-electron chi connectivity index (χ0n) is 8.14. The number of rotatable bonds is 4. The summed E-state index contributed by atoms with van der Waals surface area (Å²) in [5.74, 6) is 2.35. The molecule has 1 aliphatic heterocycles. The molecule has 0 bridgehead atoms. The molecule has 0 saturated carbocycles. The summed E-state index contributed by atoms with van der Waals surface area (Å²) in [4.78, 5) is 11.6. The molecule has 0 radical (unpaired) electrons. The van der Waals surface area contributed by atoms with E-state index in [9.17, 15) is 4.79 Å². The second-order valence-electron chi connectivity index (χ2n) is 3.33. The number of hydrogen-bond donors (Lipinski definition) is 1. The average molecular weight is 199 g/mol. The van der Waals surface area contributed by atoms with E-state index >= 15 is 0 Å². The van der Waals surface area contributed by atoms with E-state index in [-0.39, 0.29) is 6.04 Å². The fraction of sp³-hybridized carbons (Fsp3) is 0.700. The van der Waals surface area contributed by atoms with E-state index in [1.165, 1.54) is 0 Å². The van der Waals surface area contributed by atoms with Gasteiger partial charge in [0.15, 0.2) is 5.78 Å². The van der Waals surface area contributed by atoms with E-state index in [1.54, 1.807) is 0 Å². The number of carbonyl (C=O) groups excluding carboxylic acids is 1. The van der Waals surface area contributed by atoms with Crippen molar-refractivity contribution in [2.24, 2.45) is 0 Å². The van der Waals surface area contributed by atoms with Gasteiger partial charge in [0, 0.05) is 24.5 Å². The van der Waals surface area contributed by atoms with Gasteiger partial charge in [-0.3, -0.25) is 4.79 Å². The maximum atomic E-state index is 11.6. The molecule has 1 saturated heterocycles. The van der Waals surface area contributed by atoms with Crippen LogP contribution in [0.2, 0.25) is 0 Å². The van der Waals surface area contributed by atoms with Crippen LogP contribution < -0.4 is 5.32 Å². The van der Waals surface area contributed by atoms with Crippen molar-refractivity contribution >= 4 is 17.5 Å². The topological polar surface area (TPSA) is 29.1 Å². The second kappa shape index (κ2) is 5.45. The molecule has 0 spiro atoms. The van der Waals surface area contributed by atoms with E-state index < -0.39 is 0 Å². The maximum absolute atomic E-state index is 11.6. The Labute approximate surface area is 84.2 Å². The first kappa shape index (κ1) is 10.8. The number of carbonyl (C=O) groups is 1. The van der Waals surface area contributed by atoms with Crippen molar-refractivity contribution < 1.29 is 4.79 Å².